The topological polar surface area (TPSA) is 92.2 Å². The third-order valence-electron chi connectivity index (χ3n) is 5.99. The smallest absolute Gasteiger partial charge is 0.295 e. The van der Waals surface area contributed by atoms with Crippen LogP contribution < -0.4 is 4.74 Å². The van der Waals surface area contributed by atoms with E-state index in [-0.39, 0.29) is 11.3 Å². The van der Waals surface area contributed by atoms with E-state index in [4.69, 9.17) is 9.47 Å². The molecule has 168 valence electrons. The zero-order valence-corrected chi connectivity index (χ0v) is 18.3. The van der Waals surface area contributed by atoms with Crippen molar-refractivity contribution in [2.75, 3.05) is 46.5 Å². The number of aromatic nitrogens is 1. The van der Waals surface area contributed by atoms with Crippen molar-refractivity contribution >= 4 is 17.4 Å². The number of methoxy groups -OCH3 is 1. The molecular weight excluding hydrogens is 410 g/mol. The van der Waals surface area contributed by atoms with E-state index in [0.29, 0.717) is 43.2 Å². The molecule has 3 heterocycles. The van der Waals surface area contributed by atoms with Gasteiger partial charge in [0.1, 0.15) is 11.5 Å². The lowest BCUT2D eigenvalue weighted by atomic mass is 9.94. The Morgan fingerprint density at radius 3 is 2.66 bits per heavy atom. The van der Waals surface area contributed by atoms with E-state index in [1.807, 2.05) is 13.0 Å². The number of benzene rings is 1. The molecule has 1 amide bonds. The molecule has 0 unspecified atom stereocenters. The molecule has 0 bridgehead atoms. The highest BCUT2D eigenvalue weighted by Gasteiger charge is 2.46. The summed E-state index contributed by atoms with van der Waals surface area (Å²) >= 11 is 0. The van der Waals surface area contributed by atoms with Crippen LogP contribution in [0.3, 0.4) is 0 Å². The van der Waals surface area contributed by atoms with Crippen molar-refractivity contribution in [1.29, 1.82) is 0 Å². The summed E-state index contributed by atoms with van der Waals surface area (Å²) in [5.74, 6) is -0.839. The van der Waals surface area contributed by atoms with Crippen molar-refractivity contribution in [2.45, 2.75) is 13.0 Å². The Bertz CT molecular complexity index is 1030. The Hall–Kier alpha value is -3.23. The van der Waals surface area contributed by atoms with Crippen molar-refractivity contribution in [3.63, 3.8) is 0 Å². The van der Waals surface area contributed by atoms with Crippen LogP contribution in [0, 0.1) is 6.92 Å². The first kappa shape index (κ1) is 22.0. The van der Waals surface area contributed by atoms with E-state index in [1.165, 1.54) is 0 Å². The number of Topliss-reactive ketones (excluding diaryl/α,β-unsaturated/α-hetero) is 1. The molecule has 0 radical (unpaired) electrons. The van der Waals surface area contributed by atoms with Crippen LogP contribution in [0.15, 0.2) is 48.3 Å². The molecule has 2 aliphatic heterocycles. The minimum Gasteiger partial charge on any atom is -0.507 e. The molecule has 8 heteroatoms. The van der Waals surface area contributed by atoms with Gasteiger partial charge in [-0.25, -0.2) is 0 Å². The van der Waals surface area contributed by atoms with E-state index < -0.39 is 17.7 Å². The Labute approximate surface area is 187 Å². The third kappa shape index (κ3) is 4.24. The van der Waals surface area contributed by atoms with Crippen LogP contribution in [0.4, 0.5) is 0 Å². The number of aliphatic hydroxyl groups excluding tert-OH is 1. The van der Waals surface area contributed by atoms with Crippen LogP contribution in [0.5, 0.6) is 5.75 Å². The van der Waals surface area contributed by atoms with Gasteiger partial charge in [-0.05, 0) is 42.3 Å². The molecule has 0 spiro atoms. The number of ether oxygens (including phenoxy) is 2. The standard InChI is InChI=1S/C24H27N3O5/c1-16-14-18(31-2)5-6-19(16)22(28)20-21(17-4-3-7-25-15-17)27(24(30)23(20)29)9-8-26-10-12-32-13-11-26/h3-7,14-15,21,28H,8-13H2,1-2H3/b22-20+/t21-/m1/s1. The number of carbonyl (C=O) groups is 2. The third-order valence-corrected chi connectivity index (χ3v) is 5.99. The molecule has 2 aliphatic rings. The number of ketones is 1. The van der Waals surface area contributed by atoms with Crippen molar-refractivity contribution in [3.05, 3.63) is 65.0 Å². The predicted octanol–water partition coefficient (Wildman–Crippen LogP) is 2.15. The molecule has 32 heavy (non-hydrogen) atoms. The van der Waals surface area contributed by atoms with Gasteiger partial charge in [-0.15, -0.1) is 0 Å². The van der Waals surface area contributed by atoms with Gasteiger partial charge in [0, 0.05) is 44.1 Å². The Kier molecular flexibility index (Phi) is 6.53. The van der Waals surface area contributed by atoms with Crippen LogP contribution in [0.2, 0.25) is 0 Å². The highest BCUT2D eigenvalue weighted by Crippen LogP contribution is 2.39. The number of hydrogen-bond donors (Lipinski definition) is 1. The predicted molar refractivity (Wildman–Crippen MR) is 118 cm³/mol. The maximum Gasteiger partial charge on any atom is 0.295 e. The lowest BCUT2D eigenvalue weighted by Crippen LogP contribution is -2.42. The number of likely N-dealkylation sites (tertiary alicyclic amines) is 1. The summed E-state index contributed by atoms with van der Waals surface area (Å²) in [6, 6.07) is 8.07. The fourth-order valence-electron chi connectivity index (χ4n) is 4.24. The number of aliphatic hydroxyl groups is 1. The molecule has 4 rings (SSSR count). The number of carbonyl (C=O) groups excluding carboxylic acids is 2. The summed E-state index contributed by atoms with van der Waals surface area (Å²) in [6.45, 7) is 5.69. The van der Waals surface area contributed by atoms with Crippen LogP contribution in [-0.4, -0.2) is 78.1 Å². The van der Waals surface area contributed by atoms with Gasteiger partial charge in [0.05, 0.1) is 31.9 Å². The number of amides is 1. The van der Waals surface area contributed by atoms with Gasteiger partial charge < -0.3 is 19.5 Å². The molecule has 1 N–H and O–H groups in total. The molecule has 2 aromatic rings. The molecule has 2 saturated heterocycles. The Morgan fingerprint density at radius 2 is 2.00 bits per heavy atom. The van der Waals surface area contributed by atoms with E-state index in [9.17, 15) is 14.7 Å². The summed E-state index contributed by atoms with van der Waals surface area (Å²) in [7, 11) is 1.57. The summed E-state index contributed by atoms with van der Waals surface area (Å²) in [4.78, 5) is 34.1. The molecule has 0 aliphatic carbocycles. The normalized spacial score (nSPS) is 21.2. The van der Waals surface area contributed by atoms with Gasteiger partial charge >= 0.3 is 0 Å². The number of aryl methyl sites for hydroxylation is 1. The highest BCUT2D eigenvalue weighted by molar-refractivity contribution is 6.46. The first-order chi connectivity index (χ1) is 15.5. The van der Waals surface area contributed by atoms with Gasteiger partial charge in [0.2, 0.25) is 0 Å². The van der Waals surface area contributed by atoms with Gasteiger partial charge in [-0.1, -0.05) is 6.07 Å². The largest absolute Gasteiger partial charge is 0.507 e. The molecular formula is C24H27N3O5. The SMILES string of the molecule is COc1ccc(/C(O)=C2\C(=O)C(=O)N(CCN3CCOCC3)[C@@H]2c2cccnc2)c(C)c1. The summed E-state index contributed by atoms with van der Waals surface area (Å²) < 4.78 is 10.6. The number of hydrogen-bond acceptors (Lipinski definition) is 7. The lowest BCUT2D eigenvalue weighted by Gasteiger charge is -2.30. The molecule has 2 fully saturated rings. The van der Waals surface area contributed by atoms with Crippen molar-refractivity contribution < 1.29 is 24.2 Å². The van der Waals surface area contributed by atoms with Crippen LogP contribution in [0.1, 0.15) is 22.7 Å². The zero-order chi connectivity index (χ0) is 22.7. The molecule has 1 atom stereocenters. The fourth-order valence-corrected chi connectivity index (χ4v) is 4.24. The van der Waals surface area contributed by atoms with Crippen LogP contribution >= 0.6 is 0 Å². The first-order valence-corrected chi connectivity index (χ1v) is 10.6. The monoisotopic (exact) mass is 437 g/mol. The van der Waals surface area contributed by atoms with Gasteiger partial charge in [0.15, 0.2) is 0 Å². The summed E-state index contributed by atoms with van der Waals surface area (Å²) in [6.07, 6.45) is 3.27. The second kappa shape index (κ2) is 9.50. The zero-order valence-electron chi connectivity index (χ0n) is 18.3. The average Bonchev–Trinajstić information content (AvgIpc) is 3.08. The maximum absolute atomic E-state index is 13.1. The summed E-state index contributed by atoms with van der Waals surface area (Å²) in [5, 5.41) is 11.2. The van der Waals surface area contributed by atoms with E-state index >= 15 is 0 Å². The molecule has 8 nitrogen and oxygen atoms in total. The van der Waals surface area contributed by atoms with Crippen LogP contribution in [-0.2, 0) is 14.3 Å². The lowest BCUT2D eigenvalue weighted by molar-refractivity contribution is -0.140. The van der Waals surface area contributed by atoms with Gasteiger partial charge in [0.25, 0.3) is 11.7 Å². The van der Waals surface area contributed by atoms with Gasteiger partial charge in [-0.2, -0.15) is 0 Å². The highest BCUT2D eigenvalue weighted by atomic mass is 16.5. The number of pyridine rings is 1. The second-order valence-corrected chi connectivity index (χ2v) is 7.91. The summed E-state index contributed by atoms with van der Waals surface area (Å²) in [5.41, 5.74) is 2.00. The fraction of sp³-hybridized carbons (Fsp3) is 0.375. The van der Waals surface area contributed by atoms with Gasteiger partial charge in [-0.3, -0.25) is 19.5 Å². The van der Waals surface area contributed by atoms with Crippen molar-refractivity contribution in [1.82, 2.24) is 14.8 Å². The van der Waals surface area contributed by atoms with Crippen molar-refractivity contribution in [3.8, 4) is 5.75 Å². The van der Waals surface area contributed by atoms with E-state index in [1.54, 1.807) is 48.7 Å². The van der Waals surface area contributed by atoms with Crippen LogP contribution in [0.25, 0.3) is 5.76 Å². The van der Waals surface area contributed by atoms with E-state index in [0.717, 1.165) is 18.7 Å². The number of morpholine rings is 1. The quantitative estimate of drug-likeness (QED) is 0.421. The average molecular weight is 437 g/mol. The Morgan fingerprint density at radius 1 is 1.22 bits per heavy atom. The number of rotatable bonds is 6. The first-order valence-electron chi connectivity index (χ1n) is 10.6. The Balaban J connectivity index is 1.73. The molecule has 1 aromatic carbocycles. The second-order valence-electron chi connectivity index (χ2n) is 7.91. The molecule has 1 aromatic heterocycles. The van der Waals surface area contributed by atoms with Crippen molar-refractivity contribution in [2.24, 2.45) is 0 Å². The van der Waals surface area contributed by atoms with E-state index in [2.05, 4.69) is 9.88 Å². The minimum absolute atomic E-state index is 0.0817. The molecule has 0 saturated carbocycles. The minimum atomic E-state index is -0.703. The maximum atomic E-state index is 13.1. The number of nitrogens with zero attached hydrogens (tertiary/aromatic N) is 3.